The number of benzene rings is 2. The molecule has 0 saturated carbocycles. The highest BCUT2D eigenvalue weighted by atomic mass is 19.1. The first-order valence-corrected chi connectivity index (χ1v) is 10.8. The molecule has 0 unspecified atom stereocenters. The largest absolute Gasteiger partial charge is 0.344 e. The molecule has 5 rings (SSSR count). The van der Waals surface area contributed by atoms with Crippen molar-refractivity contribution < 1.29 is 14.0 Å². The second kappa shape index (κ2) is 8.10. The molecule has 6 heteroatoms. The summed E-state index contributed by atoms with van der Waals surface area (Å²) in [6.07, 6.45) is 4.76. The van der Waals surface area contributed by atoms with E-state index in [0.29, 0.717) is 13.1 Å². The first-order valence-electron chi connectivity index (χ1n) is 10.8. The number of hydrogen-bond acceptors (Lipinski definition) is 3. The van der Waals surface area contributed by atoms with E-state index >= 15 is 0 Å². The SMILES string of the molecule is O=C(NC1Cc2ccccc2C1)C(=O)N1CCC(c2ccnc3ccc(F)cc23)CC1. The van der Waals surface area contributed by atoms with Gasteiger partial charge in [0.15, 0.2) is 0 Å². The second-order valence-electron chi connectivity index (χ2n) is 8.48. The van der Waals surface area contributed by atoms with Crippen LogP contribution >= 0.6 is 0 Å². The molecular weight excluding hydrogens is 393 g/mol. The molecule has 158 valence electrons. The molecule has 1 aliphatic carbocycles. The van der Waals surface area contributed by atoms with Crippen LogP contribution < -0.4 is 5.32 Å². The first kappa shape index (κ1) is 19.7. The Bertz CT molecular complexity index is 1130. The van der Waals surface area contributed by atoms with Crippen LogP contribution in [0.2, 0.25) is 0 Å². The number of nitrogens with zero attached hydrogens (tertiary/aromatic N) is 2. The number of halogens is 1. The Morgan fingerprint density at radius 1 is 1.00 bits per heavy atom. The number of carbonyl (C=O) groups excluding carboxylic acids is 2. The molecular formula is C25H24FN3O2. The summed E-state index contributed by atoms with van der Waals surface area (Å²) in [7, 11) is 0. The summed E-state index contributed by atoms with van der Waals surface area (Å²) in [5, 5.41) is 3.74. The van der Waals surface area contributed by atoms with Crippen LogP contribution in [0.5, 0.6) is 0 Å². The number of hydrogen-bond donors (Lipinski definition) is 1. The number of aromatic nitrogens is 1. The van der Waals surface area contributed by atoms with Crippen molar-refractivity contribution >= 4 is 22.7 Å². The van der Waals surface area contributed by atoms with E-state index in [1.807, 2.05) is 18.2 Å². The molecule has 1 N–H and O–H groups in total. The maximum absolute atomic E-state index is 13.8. The Morgan fingerprint density at radius 3 is 2.42 bits per heavy atom. The van der Waals surface area contributed by atoms with Gasteiger partial charge in [0.05, 0.1) is 5.52 Å². The fourth-order valence-electron chi connectivity index (χ4n) is 4.94. The third-order valence-corrected chi connectivity index (χ3v) is 6.54. The molecule has 2 amide bonds. The molecule has 2 heterocycles. The lowest BCUT2D eigenvalue weighted by Crippen LogP contribution is -2.49. The van der Waals surface area contributed by atoms with Gasteiger partial charge in [0.2, 0.25) is 0 Å². The Kier molecular flexibility index (Phi) is 5.14. The van der Waals surface area contributed by atoms with Crippen molar-refractivity contribution in [2.75, 3.05) is 13.1 Å². The van der Waals surface area contributed by atoms with Crippen LogP contribution in [0.25, 0.3) is 10.9 Å². The number of likely N-dealkylation sites (tertiary alicyclic amines) is 1. The van der Waals surface area contributed by atoms with Crippen LogP contribution in [0.3, 0.4) is 0 Å². The predicted octanol–water partition coefficient (Wildman–Crippen LogP) is 3.36. The number of pyridine rings is 1. The van der Waals surface area contributed by atoms with Crippen molar-refractivity contribution in [1.29, 1.82) is 0 Å². The van der Waals surface area contributed by atoms with E-state index in [9.17, 15) is 14.0 Å². The zero-order valence-electron chi connectivity index (χ0n) is 17.2. The third-order valence-electron chi connectivity index (χ3n) is 6.54. The number of carbonyl (C=O) groups is 2. The van der Waals surface area contributed by atoms with Crippen molar-refractivity contribution in [3.05, 3.63) is 77.2 Å². The number of rotatable bonds is 2. The van der Waals surface area contributed by atoms with Crippen molar-refractivity contribution in [3.63, 3.8) is 0 Å². The summed E-state index contributed by atoms with van der Waals surface area (Å²) in [5.41, 5.74) is 4.31. The van der Waals surface area contributed by atoms with E-state index in [1.54, 1.807) is 17.2 Å². The molecule has 1 aliphatic heterocycles. The Labute approximate surface area is 180 Å². The highest BCUT2D eigenvalue weighted by Gasteiger charge is 2.31. The summed E-state index contributed by atoms with van der Waals surface area (Å²) in [6.45, 7) is 1.03. The number of fused-ring (bicyclic) bond motifs is 2. The lowest BCUT2D eigenvalue weighted by atomic mass is 9.87. The molecule has 31 heavy (non-hydrogen) atoms. The molecule has 0 bridgehead atoms. The average molecular weight is 417 g/mol. The number of piperidine rings is 1. The van der Waals surface area contributed by atoms with Gasteiger partial charge in [-0.05, 0) is 72.6 Å². The molecule has 1 saturated heterocycles. The van der Waals surface area contributed by atoms with E-state index < -0.39 is 11.8 Å². The summed E-state index contributed by atoms with van der Waals surface area (Å²) >= 11 is 0. The van der Waals surface area contributed by atoms with Gasteiger partial charge in [-0.2, -0.15) is 0 Å². The van der Waals surface area contributed by atoms with Crippen molar-refractivity contribution in [3.8, 4) is 0 Å². The number of amides is 2. The highest BCUT2D eigenvalue weighted by molar-refractivity contribution is 6.35. The molecule has 0 radical (unpaired) electrons. The molecule has 2 aliphatic rings. The summed E-state index contributed by atoms with van der Waals surface area (Å²) in [4.78, 5) is 31.2. The Balaban J connectivity index is 1.20. The molecule has 1 aromatic heterocycles. The predicted molar refractivity (Wildman–Crippen MR) is 116 cm³/mol. The lowest BCUT2D eigenvalue weighted by Gasteiger charge is -2.32. The van der Waals surface area contributed by atoms with Gasteiger partial charge in [0.25, 0.3) is 0 Å². The normalized spacial score (nSPS) is 17.0. The van der Waals surface area contributed by atoms with Gasteiger partial charge in [0, 0.05) is 30.7 Å². The zero-order chi connectivity index (χ0) is 21.4. The minimum Gasteiger partial charge on any atom is -0.344 e. The van der Waals surface area contributed by atoms with Crippen molar-refractivity contribution in [1.82, 2.24) is 15.2 Å². The van der Waals surface area contributed by atoms with E-state index in [2.05, 4.69) is 22.4 Å². The van der Waals surface area contributed by atoms with Crippen LogP contribution in [0.1, 0.15) is 35.4 Å². The fourth-order valence-corrected chi connectivity index (χ4v) is 4.94. The summed E-state index contributed by atoms with van der Waals surface area (Å²) in [6, 6.07) is 14.7. The summed E-state index contributed by atoms with van der Waals surface area (Å²) in [5.74, 6) is -1.04. The molecule has 0 atom stereocenters. The van der Waals surface area contributed by atoms with Gasteiger partial charge >= 0.3 is 11.8 Å². The van der Waals surface area contributed by atoms with Gasteiger partial charge < -0.3 is 10.2 Å². The van der Waals surface area contributed by atoms with Crippen LogP contribution in [0.15, 0.2) is 54.7 Å². The van der Waals surface area contributed by atoms with E-state index in [0.717, 1.165) is 42.1 Å². The average Bonchev–Trinajstić information content (AvgIpc) is 3.20. The Morgan fingerprint density at radius 2 is 1.71 bits per heavy atom. The number of nitrogens with one attached hydrogen (secondary N) is 1. The van der Waals surface area contributed by atoms with Crippen molar-refractivity contribution in [2.45, 2.75) is 37.6 Å². The van der Waals surface area contributed by atoms with Gasteiger partial charge in [-0.1, -0.05) is 24.3 Å². The minimum absolute atomic E-state index is 0.0236. The molecule has 3 aromatic rings. The Hall–Kier alpha value is -3.28. The van der Waals surface area contributed by atoms with Gasteiger partial charge in [-0.3, -0.25) is 14.6 Å². The topological polar surface area (TPSA) is 62.3 Å². The lowest BCUT2D eigenvalue weighted by molar-refractivity contribution is -0.146. The van der Waals surface area contributed by atoms with Gasteiger partial charge in [-0.15, -0.1) is 0 Å². The maximum atomic E-state index is 13.8. The monoisotopic (exact) mass is 417 g/mol. The van der Waals surface area contributed by atoms with E-state index in [4.69, 9.17) is 0 Å². The van der Waals surface area contributed by atoms with E-state index in [1.165, 1.54) is 23.3 Å². The highest BCUT2D eigenvalue weighted by Crippen LogP contribution is 2.32. The third kappa shape index (κ3) is 3.90. The molecule has 2 aromatic carbocycles. The molecule has 1 fully saturated rings. The first-order chi connectivity index (χ1) is 15.1. The molecule has 0 spiro atoms. The van der Waals surface area contributed by atoms with Crippen molar-refractivity contribution in [2.24, 2.45) is 0 Å². The standard InChI is InChI=1S/C25H24FN3O2/c26-19-5-6-23-22(15-19)21(7-10-27-23)16-8-11-29(12-9-16)25(31)24(30)28-20-13-17-3-1-2-4-18(17)14-20/h1-7,10,15-16,20H,8-9,11-14H2,(H,28,30). The van der Waals surface area contributed by atoms with Gasteiger partial charge in [-0.25, -0.2) is 4.39 Å². The van der Waals surface area contributed by atoms with Crippen LogP contribution in [-0.2, 0) is 22.4 Å². The minimum atomic E-state index is -0.521. The molecule has 5 nitrogen and oxygen atoms in total. The second-order valence-corrected chi connectivity index (χ2v) is 8.48. The maximum Gasteiger partial charge on any atom is 0.311 e. The zero-order valence-corrected chi connectivity index (χ0v) is 17.2. The smallest absolute Gasteiger partial charge is 0.311 e. The van der Waals surface area contributed by atoms with Crippen LogP contribution in [0.4, 0.5) is 4.39 Å². The van der Waals surface area contributed by atoms with Crippen LogP contribution in [0, 0.1) is 5.82 Å². The van der Waals surface area contributed by atoms with Crippen LogP contribution in [-0.4, -0.2) is 40.8 Å². The van der Waals surface area contributed by atoms with Gasteiger partial charge in [0.1, 0.15) is 5.82 Å². The fraction of sp³-hybridized carbons (Fsp3) is 0.320. The quantitative estimate of drug-likeness (QED) is 0.651. The summed E-state index contributed by atoms with van der Waals surface area (Å²) < 4.78 is 13.8. The van der Waals surface area contributed by atoms with E-state index in [-0.39, 0.29) is 17.8 Å².